The molecule has 0 atom stereocenters. The Balaban J connectivity index is 2.21. The molecule has 0 spiro atoms. The van der Waals surface area contributed by atoms with Crippen molar-refractivity contribution in [1.29, 1.82) is 0 Å². The van der Waals surface area contributed by atoms with Crippen LogP contribution in [0.3, 0.4) is 0 Å². The molecule has 1 aliphatic heterocycles. The van der Waals surface area contributed by atoms with E-state index in [0.717, 1.165) is 5.56 Å². The summed E-state index contributed by atoms with van der Waals surface area (Å²) in [4.78, 5) is 0. The largest absolute Gasteiger partial charge is 0.399 e. The minimum atomic E-state index is -3.07. The summed E-state index contributed by atoms with van der Waals surface area (Å²) in [6.45, 7) is 0.907. The summed E-state index contributed by atoms with van der Waals surface area (Å²) >= 11 is 6.00. The first kappa shape index (κ1) is 11.7. The monoisotopic (exact) mass is 260 g/mol. The quantitative estimate of drug-likeness (QED) is 0.819. The standard InChI is InChI=1S/C10H13ClN2O2S/c11-10-6-9(12)3-2-8(10)7-13-4-1-5-16(13,14)15/h2-3,6H,1,4-5,7,12H2. The molecule has 1 saturated heterocycles. The van der Waals surface area contributed by atoms with Crippen molar-refractivity contribution >= 4 is 27.3 Å². The summed E-state index contributed by atoms with van der Waals surface area (Å²) in [5, 5.41) is 0.516. The van der Waals surface area contributed by atoms with Crippen molar-refractivity contribution in [2.24, 2.45) is 0 Å². The molecule has 88 valence electrons. The molecule has 4 nitrogen and oxygen atoms in total. The van der Waals surface area contributed by atoms with E-state index in [1.54, 1.807) is 18.2 Å². The minimum absolute atomic E-state index is 0.236. The fourth-order valence-electron chi connectivity index (χ4n) is 1.75. The van der Waals surface area contributed by atoms with Gasteiger partial charge in [-0.2, -0.15) is 4.31 Å². The molecule has 1 aliphatic rings. The fraction of sp³-hybridized carbons (Fsp3) is 0.400. The SMILES string of the molecule is Nc1ccc(CN2CCCS2(=O)=O)c(Cl)c1. The zero-order chi connectivity index (χ0) is 11.8. The van der Waals surface area contributed by atoms with Crippen LogP contribution in [0.2, 0.25) is 5.02 Å². The number of hydrogen-bond acceptors (Lipinski definition) is 3. The maximum absolute atomic E-state index is 11.6. The predicted octanol–water partition coefficient (Wildman–Crippen LogP) is 1.46. The first-order chi connectivity index (χ1) is 7.49. The van der Waals surface area contributed by atoms with Crippen molar-refractivity contribution in [1.82, 2.24) is 4.31 Å². The van der Waals surface area contributed by atoms with Crippen LogP contribution in [0.1, 0.15) is 12.0 Å². The highest BCUT2D eigenvalue weighted by molar-refractivity contribution is 7.89. The lowest BCUT2D eigenvalue weighted by Crippen LogP contribution is -2.25. The van der Waals surface area contributed by atoms with Gasteiger partial charge in [0.05, 0.1) is 5.75 Å². The van der Waals surface area contributed by atoms with Gasteiger partial charge in [-0.05, 0) is 24.1 Å². The molecule has 2 N–H and O–H groups in total. The van der Waals surface area contributed by atoms with Crippen LogP contribution < -0.4 is 5.73 Å². The second kappa shape index (κ2) is 4.24. The molecule has 6 heteroatoms. The van der Waals surface area contributed by atoms with Crippen LogP contribution in [0.4, 0.5) is 5.69 Å². The van der Waals surface area contributed by atoms with Crippen LogP contribution in [-0.4, -0.2) is 25.0 Å². The smallest absolute Gasteiger partial charge is 0.214 e. The third-order valence-electron chi connectivity index (χ3n) is 2.63. The molecule has 0 radical (unpaired) electrons. The Kier molecular flexibility index (Phi) is 3.10. The van der Waals surface area contributed by atoms with Crippen molar-refractivity contribution < 1.29 is 8.42 Å². The highest BCUT2D eigenvalue weighted by atomic mass is 35.5. The Bertz CT molecular complexity index is 502. The van der Waals surface area contributed by atoms with Gasteiger partial charge in [0.2, 0.25) is 10.0 Å². The molecule has 0 unspecified atom stereocenters. The van der Waals surface area contributed by atoms with E-state index in [0.29, 0.717) is 30.2 Å². The van der Waals surface area contributed by atoms with Gasteiger partial charge in [0.15, 0.2) is 0 Å². The van der Waals surface area contributed by atoms with Gasteiger partial charge in [-0.15, -0.1) is 0 Å². The Hall–Kier alpha value is -0.780. The zero-order valence-corrected chi connectivity index (χ0v) is 10.3. The Labute approximate surface area is 100 Å². The molecule has 0 bridgehead atoms. The Morgan fingerprint density at radius 3 is 2.75 bits per heavy atom. The first-order valence-electron chi connectivity index (χ1n) is 5.01. The lowest BCUT2D eigenvalue weighted by Gasteiger charge is -2.15. The van der Waals surface area contributed by atoms with Gasteiger partial charge < -0.3 is 5.73 Å². The maximum atomic E-state index is 11.6. The van der Waals surface area contributed by atoms with Gasteiger partial charge in [-0.25, -0.2) is 8.42 Å². The second-order valence-corrected chi connectivity index (χ2v) is 6.35. The summed E-state index contributed by atoms with van der Waals surface area (Å²) < 4.78 is 24.7. The van der Waals surface area contributed by atoms with E-state index in [4.69, 9.17) is 17.3 Å². The molecular weight excluding hydrogens is 248 g/mol. The van der Waals surface area contributed by atoms with Gasteiger partial charge in [0.1, 0.15) is 0 Å². The average Bonchev–Trinajstić information content (AvgIpc) is 2.50. The Morgan fingerprint density at radius 1 is 1.44 bits per heavy atom. The van der Waals surface area contributed by atoms with Crippen LogP contribution >= 0.6 is 11.6 Å². The van der Waals surface area contributed by atoms with Gasteiger partial charge in [0, 0.05) is 23.8 Å². The molecule has 0 amide bonds. The van der Waals surface area contributed by atoms with E-state index < -0.39 is 10.0 Å². The van der Waals surface area contributed by atoms with Crippen LogP contribution in [0.15, 0.2) is 18.2 Å². The highest BCUT2D eigenvalue weighted by Gasteiger charge is 2.28. The molecule has 0 aliphatic carbocycles. The number of hydrogen-bond donors (Lipinski definition) is 1. The van der Waals surface area contributed by atoms with Crippen LogP contribution in [0.5, 0.6) is 0 Å². The highest BCUT2D eigenvalue weighted by Crippen LogP contribution is 2.24. The molecule has 1 fully saturated rings. The zero-order valence-electron chi connectivity index (χ0n) is 8.69. The van der Waals surface area contributed by atoms with Gasteiger partial charge in [-0.3, -0.25) is 0 Å². The molecule has 1 aromatic carbocycles. The second-order valence-electron chi connectivity index (χ2n) is 3.85. The summed E-state index contributed by atoms with van der Waals surface area (Å²) in [7, 11) is -3.07. The Morgan fingerprint density at radius 2 is 2.19 bits per heavy atom. The molecule has 0 aromatic heterocycles. The third kappa shape index (κ3) is 2.31. The normalized spacial score (nSPS) is 20.1. The molecule has 0 saturated carbocycles. The lowest BCUT2D eigenvalue weighted by atomic mass is 10.2. The van der Waals surface area contributed by atoms with E-state index >= 15 is 0 Å². The average molecular weight is 261 g/mol. The third-order valence-corrected chi connectivity index (χ3v) is 4.88. The van der Waals surface area contributed by atoms with Crippen LogP contribution in [0, 0.1) is 0 Å². The fourth-order valence-corrected chi connectivity index (χ4v) is 3.49. The number of nitrogens with zero attached hydrogens (tertiary/aromatic N) is 1. The molecule has 1 heterocycles. The topological polar surface area (TPSA) is 63.4 Å². The van der Waals surface area contributed by atoms with Gasteiger partial charge in [0.25, 0.3) is 0 Å². The maximum Gasteiger partial charge on any atom is 0.214 e. The number of nitrogen functional groups attached to an aromatic ring is 1. The summed E-state index contributed by atoms with van der Waals surface area (Å²) in [5.74, 6) is 0.236. The van der Waals surface area contributed by atoms with E-state index in [-0.39, 0.29) is 5.75 Å². The van der Waals surface area contributed by atoms with Crippen molar-refractivity contribution in [3.05, 3.63) is 28.8 Å². The predicted molar refractivity (Wildman–Crippen MR) is 64.7 cm³/mol. The minimum Gasteiger partial charge on any atom is -0.399 e. The number of anilines is 1. The first-order valence-corrected chi connectivity index (χ1v) is 6.99. The van der Waals surface area contributed by atoms with E-state index in [2.05, 4.69) is 0 Å². The van der Waals surface area contributed by atoms with E-state index in [9.17, 15) is 8.42 Å². The molecule has 2 rings (SSSR count). The van der Waals surface area contributed by atoms with Crippen LogP contribution in [-0.2, 0) is 16.6 Å². The molecule has 16 heavy (non-hydrogen) atoms. The van der Waals surface area contributed by atoms with Gasteiger partial charge >= 0.3 is 0 Å². The van der Waals surface area contributed by atoms with Crippen molar-refractivity contribution in [2.45, 2.75) is 13.0 Å². The number of nitrogens with two attached hydrogens (primary N) is 1. The van der Waals surface area contributed by atoms with Crippen LogP contribution in [0.25, 0.3) is 0 Å². The van der Waals surface area contributed by atoms with Crippen molar-refractivity contribution in [3.63, 3.8) is 0 Å². The number of sulfonamides is 1. The van der Waals surface area contributed by atoms with E-state index in [1.807, 2.05) is 0 Å². The summed E-state index contributed by atoms with van der Waals surface area (Å²) in [5.41, 5.74) is 6.95. The number of rotatable bonds is 2. The summed E-state index contributed by atoms with van der Waals surface area (Å²) in [6.07, 6.45) is 0.689. The van der Waals surface area contributed by atoms with Crippen molar-refractivity contribution in [2.75, 3.05) is 18.0 Å². The molecular formula is C10H13ClN2O2S. The van der Waals surface area contributed by atoms with Crippen molar-refractivity contribution in [3.8, 4) is 0 Å². The number of benzene rings is 1. The van der Waals surface area contributed by atoms with E-state index in [1.165, 1.54) is 4.31 Å². The lowest BCUT2D eigenvalue weighted by molar-refractivity contribution is 0.440. The summed E-state index contributed by atoms with van der Waals surface area (Å²) in [6, 6.07) is 5.13. The van der Waals surface area contributed by atoms with Gasteiger partial charge in [-0.1, -0.05) is 17.7 Å². The number of halogens is 1. The molecule has 1 aromatic rings.